The number of aryl methyl sites for hydroxylation is 1. The SMILES string of the molecule is CC(C)N1C(=O)[C@H](NC(=O)[C@H](Cc2ccccc2OC(F)(F)F)NC(=O)OC(C)(C)C)CCc2ccccc21. The summed E-state index contributed by atoms with van der Waals surface area (Å²) in [5.41, 5.74) is 0.867. The van der Waals surface area contributed by atoms with Crippen LogP contribution in [0.5, 0.6) is 5.75 Å². The van der Waals surface area contributed by atoms with Crippen molar-refractivity contribution < 1.29 is 37.0 Å². The van der Waals surface area contributed by atoms with Crippen molar-refractivity contribution >= 4 is 23.6 Å². The van der Waals surface area contributed by atoms with E-state index < -0.39 is 41.8 Å². The van der Waals surface area contributed by atoms with Crippen LogP contribution in [0.25, 0.3) is 0 Å². The topological polar surface area (TPSA) is 97.0 Å². The predicted octanol–water partition coefficient (Wildman–Crippen LogP) is 4.89. The van der Waals surface area contributed by atoms with Gasteiger partial charge >= 0.3 is 12.5 Å². The molecule has 3 amide bonds. The Balaban J connectivity index is 1.88. The highest BCUT2D eigenvalue weighted by Crippen LogP contribution is 2.30. The van der Waals surface area contributed by atoms with E-state index in [9.17, 15) is 27.6 Å². The van der Waals surface area contributed by atoms with Gasteiger partial charge in [-0.1, -0.05) is 36.4 Å². The maximum Gasteiger partial charge on any atom is 0.573 e. The Morgan fingerprint density at radius 2 is 1.69 bits per heavy atom. The van der Waals surface area contributed by atoms with Gasteiger partial charge in [0.15, 0.2) is 0 Å². The van der Waals surface area contributed by atoms with E-state index >= 15 is 0 Å². The molecule has 39 heavy (non-hydrogen) atoms. The molecule has 2 aromatic carbocycles. The van der Waals surface area contributed by atoms with Gasteiger partial charge in [0.2, 0.25) is 11.8 Å². The molecule has 3 rings (SSSR count). The van der Waals surface area contributed by atoms with E-state index in [-0.39, 0.29) is 23.9 Å². The normalized spacial score (nSPS) is 16.7. The molecule has 212 valence electrons. The van der Waals surface area contributed by atoms with E-state index in [0.29, 0.717) is 12.8 Å². The van der Waals surface area contributed by atoms with Crippen molar-refractivity contribution in [3.63, 3.8) is 0 Å². The minimum Gasteiger partial charge on any atom is -0.444 e. The van der Waals surface area contributed by atoms with Crippen LogP contribution >= 0.6 is 0 Å². The summed E-state index contributed by atoms with van der Waals surface area (Å²) >= 11 is 0. The highest BCUT2D eigenvalue weighted by atomic mass is 19.4. The maximum absolute atomic E-state index is 13.5. The zero-order valence-corrected chi connectivity index (χ0v) is 22.6. The van der Waals surface area contributed by atoms with E-state index in [2.05, 4.69) is 15.4 Å². The number of alkyl carbamates (subject to hydrolysis) is 1. The molecular weight excluding hydrogens is 515 g/mol. The number of ether oxygens (including phenoxy) is 2. The second kappa shape index (κ2) is 12.0. The summed E-state index contributed by atoms with van der Waals surface area (Å²) in [5, 5.41) is 5.17. The Labute approximate surface area is 225 Å². The number of para-hydroxylation sites is 2. The second-order valence-corrected chi connectivity index (χ2v) is 10.6. The van der Waals surface area contributed by atoms with Gasteiger partial charge in [-0.15, -0.1) is 13.2 Å². The van der Waals surface area contributed by atoms with Crippen LogP contribution in [0.2, 0.25) is 0 Å². The third-order valence-electron chi connectivity index (χ3n) is 5.95. The molecule has 2 aromatic rings. The standard InChI is InChI=1S/C28H34F3N3O5/c1-17(2)34-22-12-8-6-10-18(22)14-15-20(25(34)36)32-24(35)21(33-26(37)39-27(3,4)5)16-19-11-7-9-13-23(19)38-28(29,30)31/h6-13,17,20-21H,14-16H2,1-5H3,(H,32,35)(H,33,37)/t20-,21+/m1/s1. The number of fused-ring (bicyclic) bond motifs is 1. The second-order valence-electron chi connectivity index (χ2n) is 10.6. The van der Waals surface area contributed by atoms with Crippen LogP contribution in [0.1, 0.15) is 52.2 Å². The predicted molar refractivity (Wildman–Crippen MR) is 139 cm³/mol. The molecule has 11 heteroatoms. The van der Waals surface area contributed by atoms with Crippen molar-refractivity contribution in [1.29, 1.82) is 0 Å². The van der Waals surface area contributed by atoms with Gasteiger partial charge in [0, 0.05) is 18.2 Å². The lowest BCUT2D eigenvalue weighted by molar-refractivity contribution is -0.274. The van der Waals surface area contributed by atoms with E-state index in [4.69, 9.17) is 4.74 Å². The smallest absolute Gasteiger partial charge is 0.444 e. The summed E-state index contributed by atoms with van der Waals surface area (Å²) in [4.78, 5) is 41.2. The molecule has 0 saturated carbocycles. The molecule has 0 fully saturated rings. The lowest BCUT2D eigenvalue weighted by atomic mass is 10.0. The van der Waals surface area contributed by atoms with Gasteiger partial charge in [0.25, 0.3) is 0 Å². The Morgan fingerprint density at radius 1 is 1.05 bits per heavy atom. The molecule has 2 N–H and O–H groups in total. The molecule has 0 spiro atoms. The third-order valence-corrected chi connectivity index (χ3v) is 5.95. The van der Waals surface area contributed by atoms with Gasteiger partial charge in [-0.2, -0.15) is 0 Å². The lowest BCUT2D eigenvalue weighted by Crippen LogP contribution is -2.56. The van der Waals surface area contributed by atoms with Gasteiger partial charge in [0.1, 0.15) is 23.4 Å². The molecule has 1 aliphatic rings. The van der Waals surface area contributed by atoms with Crippen LogP contribution in [-0.2, 0) is 27.2 Å². The molecule has 0 unspecified atom stereocenters. The first-order chi connectivity index (χ1) is 18.1. The van der Waals surface area contributed by atoms with Crippen LogP contribution in [-0.4, -0.2) is 48.0 Å². The number of alkyl halides is 3. The van der Waals surface area contributed by atoms with Gasteiger partial charge < -0.3 is 25.0 Å². The number of nitrogens with zero attached hydrogens (tertiary/aromatic N) is 1. The molecule has 0 aliphatic carbocycles. The molecule has 0 aromatic heterocycles. The number of hydrogen-bond acceptors (Lipinski definition) is 5. The van der Waals surface area contributed by atoms with Crippen LogP contribution in [0, 0.1) is 0 Å². The Morgan fingerprint density at radius 3 is 2.33 bits per heavy atom. The lowest BCUT2D eigenvalue weighted by Gasteiger charge is -2.30. The highest BCUT2D eigenvalue weighted by molar-refractivity contribution is 6.01. The number of nitrogens with one attached hydrogen (secondary N) is 2. The van der Waals surface area contributed by atoms with Crippen molar-refractivity contribution in [3.05, 3.63) is 59.7 Å². The van der Waals surface area contributed by atoms with Crippen LogP contribution in [0.15, 0.2) is 48.5 Å². The number of carbonyl (C=O) groups excluding carboxylic acids is 3. The van der Waals surface area contributed by atoms with Gasteiger partial charge in [-0.3, -0.25) is 9.59 Å². The zero-order valence-electron chi connectivity index (χ0n) is 22.6. The summed E-state index contributed by atoms with van der Waals surface area (Å²) in [6, 6.07) is 10.4. The summed E-state index contributed by atoms with van der Waals surface area (Å²) in [6.07, 6.45) is -5.40. The molecule has 8 nitrogen and oxygen atoms in total. The fourth-order valence-corrected chi connectivity index (χ4v) is 4.38. The van der Waals surface area contributed by atoms with E-state index in [1.165, 1.54) is 18.2 Å². The van der Waals surface area contributed by atoms with E-state index in [1.54, 1.807) is 25.7 Å². The van der Waals surface area contributed by atoms with Crippen LogP contribution in [0.3, 0.4) is 0 Å². The summed E-state index contributed by atoms with van der Waals surface area (Å²) in [5.74, 6) is -1.56. The number of anilines is 1. The van der Waals surface area contributed by atoms with Crippen molar-refractivity contribution in [2.45, 2.75) is 84.0 Å². The van der Waals surface area contributed by atoms with Crippen molar-refractivity contribution in [1.82, 2.24) is 10.6 Å². The molecular formula is C28H34F3N3O5. The molecule has 0 bridgehead atoms. The average molecular weight is 550 g/mol. The Kier molecular flexibility index (Phi) is 9.14. The summed E-state index contributed by atoms with van der Waals surface area (Å²) in [7, 11) is 0. The first-order valence-corrected chi connectivity index (χ1v) is 12.7. The highest BCUT2D eigenvalue weighted by Gasteiger charge is 2.36. The van der Waals surface area contributed by atoms with Crippen molar-refractivity contribution in [2.75, 3.05) is 4.90 Å². The number of halogens is 3. The fraction of sp³-hybridized carbons (Fsp3) is 0.464. The Hall–Kier alpha value is -3.76. The number of benzene rings is 2. The monoisotopic (exact) mass is 549 g/mol. The first kappa shape index (κ1) is 29.8. The summed E-state index contributed by atoms with van der Waals surface area (Å²) in [6.45, 7) is 8.64. The number of rotatable bonds is 7. The minimum atomic E-state index is -4.95. The summed E-state index contributed by atoms with van der Waals surface area (Å²) < 4.78 is 48.3. The Bertz CT molecular complexity index is 1190. The van der Waals surface area contributed by atoms with Gasteiger partial charge in [-0.05, 0) is 70.7 Å². The van der Waals surface area contributed by atoms with Crippen molar-refractivity contribution in [2.24, 2.45) is 0 Å². The van der Waals surface area contributed by atoms with E-state index in [0.717, 1.165) is 17.3 Å². The largest absolute Gasteiger partial charge is 0.573 e. The molecule has 2 atom stereocenters. The number of hydrogen-bond donors (Lipinski definition) is 2. The zero-order chi connectivity index (χ0) is 29.0. The fourth-order valence-electron chi connectivity index (χ4n) is 4.38. The quantitative estimate of drug-likeness (QED) is 0.513. The molecule has 0 radical (unpaired) electrons. The van der Waals surface area contributed by atoms with Crippen LogP contribution in [0.4, 0.5) is 23.7 Å². The minimum absolute atomic E-state index is 0.0365. The molecule has 0 saturated heterocycles. The van der Waals surface area contributed by atoms with Crippen molar-refractivity contribution in [3.8, 4) is 5.75 Å². The van der Waals surface area contributed by atoms with E-state index in [1.807, 2.05) is 38.1 Å². The first-order valence-electron chi connectivity index (χ1n) is 12.7. The van der Waals surface area contributed by atoms with Crippen LogP contribution < -0.4 is 20.3 Å². The average Bonchev–Trinajstić information content (AvgIpc) is 2.94. The maximum atomic E-state index is 13.5. The number of carbonyl (C=O) groups is 3. The van der Waals surface area contributed by atoms with Gasteiger partial charge in [-0.25, -0.2) is 4.79 Å². The van der Waals surface area contributed by atoms with Gasteiger partial charge in [0.05, 0.1) is 0 Å². The third kappa shape index (κ3) is 8.36. The number of amides is 3. The molecule has 1 heterocycles. The molecule has 1 aliphatic heterocycles.